The molecule has 31 heavy (non-hydrogen) atoms. The first-order valence-electron chi connectivity index (χ1n) is 10.2. The van der Waals surface area contributed by atoms with E-state index in [-0.39, 0.29) is 29.9 Å². The summed E-state index contributed by atoms with van der Waals surface area (Å²) in [6.45, 7) is 8.64. The standard InChI is InChI=1S/C23H32N4O3.HI/c1-5-24-23(27(4)17-19-10-12-21(13-11-19)29-6-2)25-14-15-30-22-9-7-8-20(16-22)26-18(3)28;/h7-13,16H,5-6,14-15,17H2,1-4H3,(H,24,25)(H,26,28);1H. The summed E-state index contributed by atoms with van der Waals surface area (Å²) in [5.74, 6) is 2.29. The molecule has 2 aromatic rings. The number of benzene rings is 2. The first kappa shape index (κ1) is 26.5. The maximum absolute atomic E-state index is 11.2. The molecule has 7 nitrogen and oxygen atoms in total. The molecule has 1 amide bonds. The van der Waals surface area contributed by atoms with Gasteiger partial charge in [0.1, 0.15) is 18.1 Å². The van der Waals surface area contributed by atoms with E-state index >= 15 is 0 Å². The summed E-state index contributed by atoms with van der Waals surface area (Å²) >= 11 is 0. The van der Waals surface area contributed by atoms with Gasteiger partial charge in [0.2, 0.25) is 5.91 Å². The number of ether oxygens (including phenoxy) is 2. The van der Waals surface area contributed by atoms with Crippen molar-refractivity contribution in [2.75, 3.05) is 38.7 Å². The van der Waals surface area contributed by atoms with Gasteiger partial charge in [0.15, 0.2) is 5.96 Å². The number of halogens is 1. The van der Waals surface area contributed by atoms with Crippen LogP contribution in [0.2, 0.25) is 0 Å². The predicted molar refractivity (Wildman–Crippen MR) is 137 cm³/mol. The summed E-state index contributed by atoms with van der Waals surface area (Å²) < 4.78 is 11.3. The summed E-state index contributed by atoms with van der Waals surface area (Å²) in [6, 6.07) is 15.4. The molecule has 170 valence electrons. The minimum atomic E-state index is -0.109. The Kier molecular flexibility index (Phi) is 12.4. The lowest BCUT2D eigenvalue weighted by molar-refractivity contribution is -0.114. The highest BCUT2D eigenvalue weighted by Crippen LogP contribution is 2.17. The number of hydrogen-bond acceptors (Lipinski definition) is 4. The Bertz CT molecular complexity index is 828. The molecular weight excluding hydrogens is 507 g/mol. The molecule has 0 bridgehead atoms. The van der Waals surface area contributed by atoms with E-state index in [1.165, 1.54) is 12.5 Å². The summed E-state index contributed by atoms with van der Waals surface area (Å²) in [6.07, 6.45) is 0. The third-order valence-electron chi connectivity index (χ3n) is 4.13. The van der Waals surface area contributed by atoms with Crippen LogP contribution in [0.3, 0.4) is 0 Å². The van der Waals surface area contributed by atoms with Crippen LogP contribution >= 0.6 is 24.0 Å². The van der Waals surface area contributed by atoms with Crippen molar-refractivity contribution in [3.63, 3.8) is 0 Å². The molecule has 0 radical (unpaired) electrons. The number of nitrogens with one attached hydrogen (secondary N) is 2. The molecular formula is C23H33IN4O3. The van der Waals surface area contributed by atoms with Gasteiger partial charge in [-0.25, -0.2) is 4.99 Å². The lowest BCUT2D eigenvalue weighted by Gasteiger charge is -2.22. The molecule has 0 fully saturated rings. The van der Waals surface area contributed by atoms with Crippen molar-refractivity contribution < 1.29 is 14.3 Å². The third-order valence-corrected chi connectivity index (χ3v) is 4.13. The van der Waals surface area contributed by atoms with Gasteiger partial charge in [-0.05, 0) is 43.7 Å². The van der Waals surface area contributed by atoms with Crippen molar-refractivity contribution in [2.45, 2.75) is 27.3 Å². The lowest BCUT2D eigenvalue weighted by atomic mass is 10.2. The van der Waals surface area contributed by atoms with Crippen LogP contribution in [-0.2, 0) is 11.3 Å². The largest absolute Gasteiger partial charge is 0.494 e. The topological polar surface area (TPSA) is 75.2 Å². The van der Waals surface area contributed by atoms with Gasteiger partial charge >= 0.3 is 0 Å². The number of anilines is 1. The van der Waals surface area contributed by atoms with Gasteiger partial charge < -0.3 is 25.0 Å². The average Bonchev–Trinajstić information content (AvgIpc) is 2.71. The molecule has 0 saturated carbocycles. The van der Waals surface area contributed by atoms with Gasteiger partial charge in [-0.3, -0.25) is 4.79 Å². The van der Waals surface area contributed by atoms with E-state index in [1.807, 2.05) is 51.2 Å². The maximum atomic E-state index is 11.2. The Morgan fingerprint density at radius 2 is 1.81 bits per heavy atom. The number of nitrogens with zero attached hydrogens (tertiary/aromatic N) is 2. The molecule has 0 atom stereocenters. The van der Waals surface area contributed by atoms with Crippen molar-refractivity contribution in [1.29, 1.82) is 0 Å². The average molecular weight is 540 g/mol. The Morgan fingerprint density at radius 3 is 2.45 bits per heavy atom. The highest BCUT2D eigenvalue weighted by molar-refractivity contribution is 14.0. The zero-order valence-electron chi connectivity index (χ0n) is 18.7. The molecule has 2 rings (SSSR count). The normalized spacial score (nSPS) is 10.6. The van der Waals surface area contributed by atoms with E-state index in [9.17, 15) is 4.79 Å². The van der Waals surface area contributed by atoms with E-state index in [1.54, 1.807) is 6.07 Å². The predicted octanol–water partition coefficient (Wildman–Crippen LogP) is 4.14. The van der Waals surface area contributed by atoms with Crippen LogP contribution < -0.4 is 20.1 Å². The van der Waals surface area contributed by atoms with E-state index < -0.39 is 0 Å². The number of carbonyl (C=O) groups excluding carboxylic acids is 1. The quantitative estimate of drug-likeness (QED) is 0.205. The van der Waals surface area contributed by atoms with Crippen molar-refractivity contribution in [1.82, 2.24) is 10.2 Å². The minimum absolute atomic E-state index is 0. The lowest BCUT2D eigenvalue weighted by Crippen LogP contribution is -2.38. The first-order chi connectivity index (χ1) is 14.5. The minimum Gasteiger partial charge on any atom is -0.494 e. The summed E-state index contributed by atoms with van der Waals surface area (Å²) in [5, 5.41) is 6.06. The fourth-order valence-corrected chi connectivity index (χ4v) is 2.86. The molecule has 0 heterocycles. The van der Waals surface area contributed by atoms with E-state index in [0.717, 1.165) is 24.8 Å². The Balaban J connectivity index is 0.00000480. The number of rotatable bonds is 10. The number of hydrogen-bond donors (Lipinski definition) is 2. The van der Waals surface area contributed by atoms with E-state index in [0.29, 0.717) is 31.2 Å². The molecule has 0 aliphatic rings. The zero-order valence-corrected chi connectivity index (χ0v) is 21.0. The second-order valence-electron chi connectivity index (χ2n) is 6.73. The van der Waals surface area contributed by atoms with Crippen LogP contribution in [0.25, 0.3) is 0 Å². The number of guanidine groups is 1. The van der Waals surface area contributed by atoms with Crippen LogP contribution in [0.5, 0.6) is 11.5 Å². The van der Waals surface area contributed by atoms with Crippen LogP contribution in [-0.4, -0.2) is 50.1 Å². The van der Waals surface area contributed by atoms with Crippen LogP contribution in [0.1, 0.15) is 26.3 Å². The maximum Gasteiger partial charge on any atom is 0.221 e. The highest BCUT2D eigenvalue weighted by Gasteiger charge is 2.07. The molecule has 0 saturated heterocycles. The van der Waals surface area contributed by atoms with E-state index in [2.05, 4.69) is 32.7 Å². The molecule has 0 aliphatic carbocycles. The van der Waals surface area contributed by atoms with Gasteiger partial charge in [-0.15, -0.1) is 24.0 Å². The molecule has 2 aromatic carbocycles. The highest BCUT2D eigenvalue weighted by atomic mass is 127. The number of aliphatic imine (C=N–C) groups is 1. The van der Waals surface area contributed by atoms with Gasteiger partial charge in [0.05, 0.1) is 13.2 Å². The Labute approximate surface area is 202 Å². The molecule has 0 unspecified atom stereocenters. The van der Waals surface area contributed by atoms with Crippen molar-refractivity contribution >= 4 is 41.5 Å². The smallest absolute Gasteiger partial charge is 0.221 e. The Hall–Kier alpha value is -2.49. The zero-order chi connectivity index (χ0) is 21.8. The summed E-state index contributed by atoms with van der Waals surface area (Å²) in [7, 11) is 2.01. The summed E-state index contributed by atoms with van der Waals surface area (Å²) in [5.41, 5.74) is 1.89. The number of amides is 1. The third kappa shape index (κ3) is 9.91. The fourth-order valence-electron chi connectivity index (χ4n) is 2.86. The van der Waals surface area contributed by atoms with E-state index in [4.69, 9.17) is 9.47 Å². The van der Waals surface area contributed by atoms with Gasteiger partial charge in [0, 0.05) is 38.8 Å². The molecule has 0 aliphatic heterocycles. The molecule has 2 N–H and O–H groups in total. The first-order valence-corrected chi connectivity index (χ1v) is 10.2. The second kappa shape index (κ2) is 14.5. The van der Waals surface area contributed by atoms with Crippen molar-refractivity contribution in [3.8, 4) is 11.5 Å². The SMILES string of the molecule is CCNC(=NCCOc1cccc(NC(C)=O)c1)N(C)Cc1ccc(OCC)cc1.I. The van der Waals surface area contributed by atoms with Crippen LogP contribution in [0, 0.1) is 0 Å². The molecule has 0 aromatic heterocycles. The van der Waals surface area contributed by atoms with Gasteiger partial charge in [-0.1, -0.05) is 18.2 Å². The van der Waals surface area contributed by atoms with Gasteiger partial charge in [0.25, 0.3) is 0 Å². The van der Waals surface area contributed by atoms with Crippen LogP contribution in [0.15, 0.2) is 53.5 Å². The molecule has 0 spiro atoms. The summed E-state index contributed by atoms with van der Waals surface area (Å²) in [4.78, 5) is 17.9. The fraction of sp³-hybridized carbons (Fsp3) is 0.391. The second-order valence-corrected chi connectivity index (χ2v) is 6.73. The van der Waals surface area contributed by atoms with Crippen molar-refractivity contribution in [2.24, 2.45) is 4.99 Å². The van der Waals surface area contributed by atoms with Crippen LogP contribution in [0.4, 0.5) is 5.69 Å². The monoisotopic (exact) mass is 540 g/mol. The van der Waals surface area contributed by atoms with Crippen molar-refractivity contribution in [3.05, 3.63) is 54.1 Å². The Morgan fingerprint density at radius 1 is 1.06 bits per heavy atom. The van der Waals surface area contributed by atoms with Gasteiger partial charge in [-0.2, -0.15) is 0 Å². The number of carbonyl (C=O) groups is 1. The molecule has 8 heteroatoms.